The van der Waals surface area contributed by atoms with Gasteiger partial charge in [-0.05, 0) is 142 Å². The third kappa shape index (κ3) is 7.27. The van der Waals surface area contributed by atoms with Gasteiger partial charge in [-0.25, -0.2) is 0 Å². The summed E-state index contributed by atoms with van der Waals surface area (Å²) in [7, 11) is 0. The minimum atomic E-state index is -0.236. The summed E-state index contributed by atoms with van der Waals surface area (Å²) < 4.78 is 0. The SMILES string of the molecule is CC1(C)c2cc(N(c3ccccc3)c3ccc(-c4ccc(-c5ccccc5)s4)cc3)ccc2-c2ccc(N(c3ccccc3)c3ccc(-c4ccc(-c5ccccc5)s4)cc3)cc21. The number of benzene rings is 8. The molecule has 0 bridgehead atoms. The molecule has 2 aromatic heterocycles. The van der Waals surface area contributed by atoms with Gasteiger partial charge in [-0.1, -0.05) is 147 Å². The number of anilines is 6. The molecule has 0 N–H and O–H groups in total. The number of fused-ring (bicyclic) bond motifs is 3. The molecule has 0 amide bonds. The maximum absolute atomic E-state index is 2.42. The van der Waals surface area contributed by atoms with E-state index in [2.05, 4.69) is 254 Å². The summed E-state index contributed by atoms with van der Waals surface area (Å²) >= 11 is 3.67. The van der Waals surface area contributed by atoms with Gasteiger partial charge in [0.1, 0.15) is 0 Å². The summed E-state index contributed by atoms with van der Waals surface area (Å²) in [4.78, 5) is 9.87. The van der Waals surface area contributed by atoms with Crippen molar-refractivity contribution in [3.8, 4) is 52.9 Å². The van der Waals surface area contributed by atoms with Crippen LogP contribution in [0, 0.1) is 0 Å². The Bertz CT molecular complexity index is 2950. The third-order valence-corrected chi connectivity index (χ3v) is 14.7. The normalized spacial score (nSPS) is 12.4. The second kappa shape index (κ2) is 16.2. The molecule has 0 saturated heterocycles. The van der Waals surface area contributed by atoms with Gasteiger partial charge in [-0.3, -0.25) is 0 Å². The molecule has 302 valence electrons. The van der Waals surface area contributed by atoms with E-state index in [0.717, 1.165) is 34.1 Å². The summed E-state index contributed by atoms with van der Waals surface area (Å²) in [5.74, 6) is 0. The topological polar surface area (TPSA) is 6.48 Å². The Hall–Kier alpha value is -7.24. The van der Waals surface area contributed by atoms with Crippen molar-refractivity contribution < 1.29 is 0 Å². The molecular formula is C59H44N2S2. The van der Waals surface area contributed by atoms with Crippen LogP contribution in [0.1, 0.15) is 25.0 Å². The third-order valence-electron chi connectivity index (χ3n) is 12.3. The highest BCUT2D eigenvalue weighted by molar-refractivity contribution is 7.19. The molecule has 1 aliphatic rings. The lowest BCUT2D eigenvalue weighted by Crippen LogP contribution is -2.17. The van der Waals surface area contributed by atoms with Crippen molar-refractivity contribution in [1.29, 1.82) is 0 Å². The number of hydrogen-bond acceptors (Lipinski definition) is 4. The summed E-state index contributed by atoms with van der Waals surface area (Å²) in [5, 5.41) is 0. The van der Waals surface area contributed by atoms with Crippen LogP contribution >= 0.6 is 22.7 Å². The Morgan fingerprint density at radius 1 is 0.286 bits per heavy atom. The van der Waals surface area contributed by atoms with Crippen molar-refractivity contribution in [1.82, 2.24) is 0 Å². The van der Waals surface area contributed by atoms with E-state index >= 15 is 0 Å². The molecule has 2 heterocycles. The Morgan fingerprint density at radius 2 is 0.571 bits per heavy atom. The molecule has 0 unspecified atom stereocenters. The minimum absolute atomic E-state index is 0.236. The van der Waals surface area contributed by atoms with E-state index in [0.29, 0.717) is 0 Å². The molecule has 8 aromatic carbocycles. The fourth-order valence-electron chi connectivity index (χ4n) is 9.09. The van der Waals surface area contributed by atoms with Crippen LogP contribution in [0.5, 0.6) is 0 Å². The van der Waals surface area contributed by atoms with Gasteiger partial charge in [-0.15, -0.1) is 22.7 Å². The lowest BCUT2D eigenvalue weighted by Gasteiger charge is -2.29. The number of nitrogens with zero attached hydrogens (tertiary/aromatic N) is 2. The Morgan fingerprint density at radius 3 is 0.921 bits per heavy atom. The number of rotatable bonds is 10. The first-order chi connectivity index (χ1) is 31.0. The highest BCUT2D eigenvalue weighted by Gasteiger charge is 2.37. The van der Waals surface area contributed by atoms with E-state index in [4.69, 9.17) is 0 Å². The average molecular weight is 845 g/mol. The molecule has 11 rings (SSSR count). The lowest BCUT2D eigenvalue weighted by molar-refractivity contribution is 0.660. The summed E-state index contributed by atoms with van der Waals surface area (Å²) in [6, 6.07) is 83.9. The van der Waals surface area contributed by atoms with Crippen molar-refractivity contribution in [3.05, 3.63) is 242 Å². The molecule has 1 aliphatic carbocycles. The lowest BCUT2D eigenvalue weighted by atomic mass is 9.82. The summed E-state index contributed by atoms with van der Waals surface area (Å²) in [6.07, 6.45) is 0. The quantitative estimate of drug-likeness (QED) is 0.135. The molecule has 10 aromatic rings. The van der Waals surface area contributed by atoms with Gasteiger partial charge in [0, 0.05) is 59.0 Å². The molecule has 2 nitrogen and oxygen atoms in total. The first-order valence-electron chi connectivity index (χ1n) is 21.5. The molecule has 0 fully saturated rings. The second-order valence-electron chi connectivity index (χ2n) is 16.6. The van der Waals surface area contributed by atoms with Crippen molar-refractivity contribution in [2.75, 3.05) is 9.80 Å². The van der Waals surface area contributed by atoms with Crippen molar-refractivity contribution in [3.63, 3.8) is 0 Å². The maximum atomic E-state index is 2.42. The van der Waals surface area contributed by atoms with Crippen LogP contribution in [0.4, 0.5) is 34.1 Å². The van der Waals surface area contributed by atoms with Gasteiger partial charge >= 0.3 is 0 Å². The highest BCUT2D eigenvalue weighted by Crippen LogP contribution is 2.53. The molecule has 4 heteroatoms. The molecule has 0 radical (unpaired) electrons. The van der Waals surface area contributed by atoms with Gasteiger partial charge in [0.25, 0.3) is 0 Å². The predicted molar refractivity (Wildman–Crippen MR) is 271 cm³/mol. The zero-order valence-corrected chi connectivity index (χ0v) is 36.8. The van der Waals surface area contributed by atoms with Crippen LogP contribution in [0.25, 0.3) is 52.9 Å². The van der Waals surface area contributed by atoms with Gasteiger partial charge in [0.15, 0.2) is 0 Å². The Kier molecular flexibility index (Phi) is 9.96. The first-order valence-corrected chi connectivity index (χ1v) is 23.1. The average Bonchev–Trinajstić information content (AvgIpc) is 4.10. The monoisotopic (exact) mass is 844 g/mol. The molecule has 0 atom stereocenters. The summed E-state index contributed by atoms with van der Waals surface area (Å²) in [5.41, 5.74) is 16.8. The number of para-hydroxylation sites is 2. The van der Waals surface area contributed by atoms with Crippen LogP contribution in [-0.4, -0.2) is 0 Å². The van der Waals surface area contributed by atoms with E-state index in [1.807, 2.05) is 22.7 Å². The van der Waals surface area contributed by atoms with Crippen LogP contribution in [0.15, 0.2) is 231 Å². The van der Waals surface area contributed by atoms with Gasteiger partial charge < -0.3 is 9.80 Å². The van der Waals surface area contributed by atoms with Crippen LogP contribution < -0.4 is 9.80 Å². The van der Waals surface area contributed by atoms with Gasteiger partial charge in [0.05, 0.1) is 0 Å². The van der Waals surface area contributed by atoms with Gasteiger partial charge in [-0.2, -0.15) is 0 Å². The molecular weight excluding hydrogens is 801 g/mol. The standard InChI is InChI=1S/C59H44N2S2/c1-59(2)53-39-49(60(45-19-11-5-12-20-45)47-27-23-43(24-28-47)57-37-35-55(62-57)41-15-7-3-8-16-41)31-33-51(53)52-34-32-50(40-54(52)59)61(46-21-13-6-14-22-46)48-29-25-44(26-30-48)58-38-36-56(63-58)42-17-9-4-10-18-42/h3-40H,1-2H3. The Labute approximate surface area is 378 Å². The van der Waals surface area contributed by atoms with Crippen molar-refractivity contribution in [2.24, 2.45) is 0 Å². The van der Waals surface area contributed by atoms with E-state index in [-0.39, 0.29) is 5.41 Å². The van der Waals surface area contributed by atoms with E-state index < -0.39 is 0 Å². The largest absolute Gasteiger partial charge is 0.310 e. The maximum Gasteiger partial charge on any atom is 0.0465 e. The second-order valence-corrected chi connectivity index (χ2v) is 18.7. The van der Waals surface area contributed by atoms with Crippen LogP contribution in [-0.2, 0) is 5.41 Å². The first kappa shape index (κ1) is 38.7. The number of thiophene rings is 2. The van der Waals surface area contributed by atoms with Gasteiger partial charge in [0.2, 0.25) is 0 Å². The van der Waals surface area contributed by atoms with E-state index in [1.165, 1.54) is 64.0 Å². The fraction of sp³-hybridized carbons (Fsp3) is 0.0508. The van der Waals surface area contributed by atoms with Crippen molar-refractivity contribution >= 4 is 56.8 Å². The predicted octanol–water partition coefficient (Wildman–Crippen LogP) is 17.7. The zero-order chi connectivity index (χ0) is 42.3. The molecule has 0 spiro atoms. The van der Waals surface area contributed by atoms with E-state index in [9.17, 15) is 0 Å². The van der Waals surface area contributed by atoms with E-state index in [1.54, 1.807) is 0 Å². The van der Waals surface area contributed by atoms with Crippen molar-refractivity contribution in [2.45, 2.75) is 19.3 Å². The molecule has 63 heavy (non-hydrogen) atoms. The van der Waals surface area contributed by atoms with Crippen LogP contribution in [0.3, 0.4) is 0 Å². The smallest absolute Gasteiger partial charge is 0.0465 e. The molecule has 0 saturated carbocycles. The molecule has 0 aliphatic heterocycles. The Balaban J connectivity index is 0.918. The zero-order valence-electron chi connectivity index (χ0n) is 35.2. The fourth-order valence-corrected chi connectivity index (χ4v) is 11.1. The highest BCUT2D eigenvalue weighted by atomic mass is 32.1. The number of hydrogen-bond donors (Lipinski definition) is 0. The minimum Gasteiger partial charge on any atom is -0.310 e. The van der Waals surface area contributed by atoms with Crippen LogP contribution in [0.2, 0.25) is 0 Å². The summed E-state index contributed by atoms with van der Waals surface area (Å²) in [6.45, 7) is 4.76.